The Morgan fingerprint density at radius 3 is 2.65 bits per heavy atom. The van der Waals surface area contributed by atoms with Crippen LogP contribution in [0.25, 0.3) is 5.69 Å². The summed E-state index contributed by atoms with van der Waals surface area (Å²) in [5.41, 5.74) is 1.50. The molecule has 0 unspecified atom stereocenters. The highest BCUT2D eigenvalue weighted by Crippen LogP contribution is 2.29. The first kappa shape index (κ1) is 18.4. The van der Waals surface area contributed by atoms with Crippen LogP contribution in [0.4, 0.5) is 0 Å². The van der Waals surface area contributed by atoms with Gasteiger partial charge in [0.15, 0.2) is 0 Å². The van der Waals surface area contributed by atoms with Crippen LogP contribution in [0.15, 0.2) is 36.7 Å². The number of aromatic nitrogens is 4. The number of amides is 1. The van der Waals surface area contributed by atoms with Crippen molar-refractivity contribution in [1.29, 1.82) is 0 Å². The summed E-state index contributed by atoms with van der Waals surface area (Å²) >= 11 is 18.3. The van der Waals surface area contributed by atoms with E-state index in [9.17, 15) is 4.79 Å². The molecule has 0 bridgehead atoms. The first-order valence-corrected chi connectivity index (χ1v) is 8.46. The fraction of sp³-hybridized carbons (Fsp3) is 0.125. The lowest BCUT2D eigenvalue weighted by Gasteiger charge is -2.13. The fourth-order valence-corrected chi connectivity index (χ4v) is 3.00. The second-order valence-corrected chi connectivity index (χ2v) is 6.43. The normalized spacial score (nSPS) is 10.6. The minimum Gasteiger partial charge on any atom is -0.496 e. The highest BCUT2D eigenvalue weighted by molar-refractivity contribution is 6.35. The van der Waals surface area contributed by atoms with Crippen molar-refractivity contribution in [2.24, 2.45) is 0 Å². The van der Waals surface area contributed by atoms with Crippen molar-refractivity contribution in [2.45, 2.75) is 6.54 Å². The molecule has 1 N–H and O–H groups in total. The molecule has 0 spiro atoms. The van der Waals surface area contributed by atoms with Gasteiger partial charge >= 0.3 is 0 Å². The van der Waals surface area contributed by atoms with Crippen LogP contribution in [0.1, 0.15) is 15.9 Å². The van der Waals surface area contributed by atoms with Crippen LogP contribution in [0.2, 0.25) is 15.1 Å². The molecule has 2 aromatic carbocycles. The monoisotopic (exact) mass is 411 g/mol. The molecule has 3 rings (SSSR count). The molecule has 0 fully saturated rings. The maximum atomic E-state index is 12.6. The number of hydrogen-bond acceptors (Lipinski definition) is 5. The summed E-state index contributed by atoms with van der Waals surface area (Å²) in [4.78, 5) is 12.6. The second kappa shape index (κ2) is 7.90. The van der Waals surface area contributed by atoms with E-state index in [0.29, 0.717) is 26.5 Å². The topological polar surface area (TPSA) is 81.9 Å². The van der Waals surface area contributed by atoms with E-state index in [1.165, 1.54) is 24.2 Å². The Morgan fingerprint density at radius 2 is 2.00 bits per heavy atom. The Balaban J connectivity index is 1.83. The van der Waals surface area contributed by atoms with E-state index in [1.807, 2.05) is 0 Å². The van der Waals surface area contributed by atoms with E-state index in [0.717, 1.165) is 5.56 Å². The zero-order chi connectivity index (χ0) is 18.7. The molecule has 26 heavy (non-hydrogen) atoms. The quantitative estimate of drug-likeness (QED) is 0.693. The average molecular weight is 413 g/mol. The molecule has 0 atom stereocenters. The van der Waals surface area contributed by atoms with E-state index in [2.05, 4.69) is 20.8 Å². The number of halogens is 3. The summed E-state index contributed by atoms with van der Waals surface area (Å²) in [7, 11) is 1.46. The number of rotatable bonds is 5. The van der Waals surface area contributed by atoms with E-state index in [1.54, 1.807) is 24.3 Å². The summed E-state index contributed by atoms with van der Waals surface area (Å²) in [5.74, 6) is -0.0300. The summed E-state index contributed by atoms with van der Waals surface area (Å²) in [6.07, 6.45) is 1.39. The number of tetrazole rings is 1. The van der Waals surface area contributed by atoms with Crippen molar-refractivity contribution in [1.82, 2.24) is 25.5 Å². The van der Waals surface area contributed by atoms with Crippen molar-refractivity contribution in [3.05, 3.63) is 62.9 Å². The zero-order valence-electron chi connectivity index (χ0n) is 13.4. The molecule has 0 saturated heterocycles. The molecule has 0 saturated carbocycles. The van der Waals surface area contributed by atoms with Crippen molar-refractivity contribution in [3.8, 4) is 11.4 Å². The fourth-order valence-electron chi connectivity index (χ4n) is 2.27. The van der Waals surface area contributed by atoms with Gasteiger partial charge in [0.05, 0.1) is 23.4 Å². The first-order valence-electron chi connectivity index (χ1n) is 7.32. The van der Waals surface area contributed by atoms with Gasteiger partial charge in [-0.05, 0) is 34.2 Å². The molecule has 0 aliphatic carbocycles. The molecule has 1 heterocycles. The van der Waals surface area contributed by atoms with Crippen LogP contribution in [0.5, 0.6) is 5.75 Å². The summed E-state index contributed by atoms with van der Waals surface area (Å²) < 4.78 is 6.68. The molecule has 10 heteroatoms. The maximum absolute atomic E-state index is 12.6. The molecule has 0 aliphatic heterocycles. The third-order valence-corrected chi connectivity index (χ3v) is 4.45. The Hall–Kier alpha value is -2.35. The smallest absolute Gasteiger partial charge is 0.255 e. The SMILES string of the molecule is COc1cc(-n2cnnn2)c(Cl)cc1C(=O)NCc1ccc(Cl)cc1Cl. The molecule has 7 nitrogen and oxygen atoms in total. The maximum Gasteiger partial charge on any atom is 0.255 e. The summed E-state index contributed by atoms with van der Waals surface area (Å²) in [5, 5.41) is 15.0. The van der Waals surface area contributed by atoms with Gasteiger partial charge < -0.3 is 10.1 Å². The minimum atomic E-state index is -0.363. The molecule has 0 radical (unpaired) electrons. The van der Waals surface area contributed by atoms with Crippen LogP contribution >= 0.6 is 34.8 Å². The Labute approximate surface area is 163 Å². The lowest BCUT2D eigenvalue weighted by Crippen LogP contribution is -2.23. The number of carbonyl (C=O) groups excluding carboxylic acids is 1. The van der Waals surface area contributed by atoms with E-state index < -0.39 is 0 Å². The third-order valence-electron chi connectivity index (χ3n) is 3.56. The number of ether oxygens (including phenoxy) is 1. The number of methoxy groups -OCH3 is 1. The van der Waals surface area contributed by atoms with Crippen molar-refractivity contribution in [3.63, 3.8) is 0 Å². The van der Waals surface area contributed by atoms with Crippen LogP contribution in [0.3, 0.4) is 0 Å². The number of carbonyl (C=O) groups is 1. The van der Waals surface area contributed by atoms with E-state index >= 15 is 0 Å². The number of nitrogens with one attached hydrogen (secondary N) is 1. The first-order chi connectivity index (χ1) is 12.5. The number of nitrogens with zero attached hydrogens (tertiary/aromatic N) is 4. The lowest BCUT2D eigenvalue weighted by atomic mass is 10.1. The van der Waals surface area contributed by atoms with E-state index in [-0.39, 0.29) is 18.0 Å². The number of hydrogen-bond donors (Lipinski definition) is 1. The van der Waals surface area contributed by atoms with Gasteiger partial charge in [0.1, 0.15) is 12.1 Å². The number of benzene rings is 2. The van der Waals surface area contributed by atoms with Crippen LogP contribution < -0.4 is 10.1 Å². The van der Waals surface area contributed by atoms with Gasteiger partial charge in [0.25, 0.3) is 5.91 Å². The third kappa shape index (κ3) is 3.90. The molecule has 3 aromatic rings. The lowest BCUT2D eigenvalue weighted by molar-refractivity contribution is 0.0948. The van der Waals surface area contributed by atoms with Gasteiger partial charge in [-0.3, -0.25) is 4.79 Å². The summed E-state index contributed by atoms with van der Waals surface area (Å²) in [6.45, 7) is 0.227. The van der Waals surface area contributed by atoms with Crippen LogP contribution in [-0.2, 0) is 6.54 Å². The van der Waals surface area contributed by atoms with Crippen molar-refractivity contribution < 1.29 is 9.53 Å². The van der Waals surface area contributed by atoms with Crippen molar-refractivity contribution >= 4 is 40.7 Å². The average Bonchev–Trinajstić information content (AvgIpc) is 3.15. The molecule has 134 valence electrons. The van der Waals surface area contributed by atoms with Gasteiger partial charge in [-0.1, -0.05) is 40.9 Å². The molecular weight excluding hydrogens is 401 g/mol. The van der Waals surface area contributed by atoms with Gasteiger partial charge in [0.2, 0.25) is 0 Å². The zero-order valence-corrected chi connectivity index (χ0v) is 15.7. The molecule has 1 aromatic heterocycles. The molecular formula is C16H12Cl3N5O2. The molecule has 1 amide bonds. The van der Waals surface area contributed by atoms with Crippen molar-refractivity contribution in [2.75, 3.05) is 7.11 Å². The predicted octanol–water partition coefficient (Wildman–Crippen LogP) is 3.56. The molecule has 0 aliphatic rings. The summed E-state index contributed by atoms with van der Waals surface area (Å²) in [6, 6.07) is 8.14. The Kier molecular flexibility index (Phi) is 5.61. The van der Waals surface area contributed by atoms with Gasteiger partial charge in [-0.25, -0.2) is 0 Å². The van der Waals surface area contributed by atoms with Gasteiger partial charge in [-0.15, -0.1) is 5.10 Å². The highest BCUT2D eigenvalue weighted by atomic mass is 35.5. The van der Waals surface area contributed by atoms with Gasteiger partial charge in [0, 0.05) is 22.7 Å². The predicted molar refractivity (Wildman–Crippen MR) is 98.3 cm³/mol. The van der Waals surface area contributed by atoms with E-state index in [4.69, 9.17) is 39.5 Å². The highest BCUT2D eigenvalue weighted by Gasteiger charge is 2.17. The minimum absolute atomic E-state index is 0.227. The largest absolute Gasteiger partial charge is 0.496 e. The second-order valence-electron chi connectivity index (χ2n) is 5.18. The Bertz CT molecular complexity index is 947. The Morgan fingerprint density at radius 1 is 1.19 bits per heavy atom. The van der Waals surface area contributed by atoms with Crippen LogP contribution in [-0.4, -0.2) is 33.2 Å². The van der Waals surface area contributed by atoms with Gasteiger partial charge in [-0.2, -0.15) is 4.68 Å². The standard InChI is InChI=1S/C16H12Cl3N5O2/c1-26-15-6-14(24-8-21-22-23-24)13(19)5-11(15)16(25)20-7-9-2-3-10(17)4-12(9)18/h2-6,8H,7H2,1H3,(H,20,25). The van der Waals surface area contributed by atoms with Crippen LogP contribution in [0, 0.1) is 0 Å².